The molecule has 1 aliphatic rings. The number of aromatic nitrogens is 1. The third-order valence-electron chi connectivity index (χ3n) is 3.13. The largest absolute Gasteiger partial charge is 0.497 e. The molecular weight excluding hydrogens is 248 g/mol. The van der Waals surface area contributed by atoms with Gasteiger partial charge in [0.15, 0.2) is 0 Å². The summed E-state index contributed by atoms with van der Waals surface area (Å²) < 4.78 is 12.3. The number of thiazole rings is 1. The Balaban J connectivity index is 1.79. The summed E-state index contributed by atoms with van der Waals surface area (Å²) in [6.07, 6.45) is 2.41. The molecule has 1 N–H and O–H groups in total. The number of methoxy groups -OCH3 is 1. The van der Waals surface area contributed by atoms with Crippen molar-refractivity contribution < 1.29 is 9.47 Å². The summed E-state index contributed by atoms with van der Waals surface area (Å²) in [6.45, 7) is 2.06. The summed E-state index contributed by atoms with van der Waals surface area (Å²) in [6, 6.07) is 5.90. The molecule has 1 aromatic carbocycles. The maximum atomic E-state index is 5.94. The maximum absolute atomic E-state index is 5.94. The lowest BCUT2D eigenvalue weighted by atomic mass is 10.1. The van der Waals surface area contributed by atoms with Gasteiger partial charge in [-0.25, -0.2) is 4.98 Å². The van der Waals surface area contributed by atoms with Gasteiger partial charge in [0.2, 0.25) is 0 Å². The maximum Gasteiger partial charge on any atom is 0.274 e. The van der Waals surface area contributed by atoms with Crippen molar-refractivity contribution in [2.75, 3.05) is 20.2 Å². The van der Waals surface area contributed by atoms with Gasteiger partial charge < -0.3 is 14.8 Å². The summed E-state index contributed by atoms with van der Waals surface area (Å²) in [7, 11) is 1.68. The van der Waals surface area contributed by atoms with Gasteiger partial charge in [-0.15, -0.1) is 0 Å². The van der Waals surface area contributed by atoms with E-state index in [9.17, 15) is 0 Å². The van der Waals surface area contributed by atoms with E-state index in [0.29, 0.717) is 6.10 Å². The average Bonchev–Trinajstić information content (AvgIpc) is 2.80. The number of nitrogens with zero attached hydrogens (tertiary/aromatic N) is 1. The Bertz CT molecular complexity index is 535. The zero-order valence-electron chi connectivity index (χ0n) is 10.3. The van der Waals surface area contributed by atoms with Gasteiger partial charge in [0.1, 0.15) is 11.9 Å². The van der Waals surface area contributed by atoms with Crippen LogP contribution in [0.25, 0.3) is 10.2 Å². The van der Waals surface area contributed by atoms with Gasteiger partial charge in [0.05, 0.1) is 17.3 Å². The van der Waals surface area contributed by atoms with Crippen LogP contribution in [-0.2, 0) is 0 Å². The van der Waals surface area contributed by atoms with Crippen molar-refractivity contribution in [3.63, 3.8) is 0 Å². The molecule has 2 aromatic rings. The molecule has 1 saturated heterocycles. The van der Waals surface area contributed by atoms with E-state index in [0.717, 1.165) is 47.1 Å². The molecule has 1 aromatic heterocycles. The summed E-state index contributed by atoms with van der Waals surface area (Å²) >= 11 is 1.59. The lowest BCUT2D eigenvalue weighted by Gasteiger charge is -2.22. The summed E-state index contributed by atoms with van der Waals surface area (Å²) in [5, 5.41) is 4.10. The molecule has 0 atom stereocenters. The van der Waals surface area contributed by atoms with Crippen molar-refractivity contribution in [3.05, 3.63) is 18.2 Å². The SMILES string of the molecule is COc1ccc2nc(OC3CCNCC3)sc2c1. The zero-order chi connectivity index (χ0) is 12.4. The van der Waals surface area contributed by atoms with Crippen LogP contribution in [0.5, 0.6) is 10.9 Å². The first kappa shape index (κ1) is 11.7. The first-order valence-electron chi connectivity index (χ1n) is 6.17. The number of hydrogen-bond donors (Lipinski definition) is 1. The molecule has 0 radical (unpaired) electrons. The molecule has 5 heteroatoms. The molecule has 0 unspecified atom stereocenters. The Morgan fingerprint density at radius 3 is 2.94 bits per heavy atom. The molecular formula is C13H16N2O2S. The van der Waals surface area contributed by atoms with E-state index in [-0.39, 0.29) is 0 Å². The fourth-order valence-corrected chi connectivity index (χ4v) is 3.03. The Kier molecular flexibility index (Phi) is 3.34. The molecule has 1 aliphatic heterocycles. The van der Waals surface area contributed by atoms with Crippen molar-refractivity contribution in [1.29, 1.82) is 0 Å². The highest BCUT2D eigenvalue weighted by Crippen LogP contribution is 2.31. The van der Waals surface area contributed by atoms with Crippen LogP contribution in [0.1, 0.15) is 12.8 Å². The van der Waals surface area contributed by atoms with Gasteiger partial charge in [0.25, 0.3) is 5.19 Å². The molecule has 0 aliphatic carbocycles. The third kappa shape index (κ3) is 2.42. The number of piperidine rings is 1. The Hall–Kier alpha value is -1.33. The minimum atomic E-state index is 0.300. The molecule has 3 rings (SSSR count). The van der Waals surface area contributed by atoms with Gasteiger partial charge in [-0.05, 0) is 44.1 Å². The first-order valence-corrected chi connectivity index (χ1v) is 6.99. The van der Waals surface area contributed by atoms with Crippen LogP contribution in [0.15, 0.2) is 18.2 Å². The summed E-state index contributed by atoms with van der Waals surface area (Å²) in [4.78, 5) is 4.50. The Morgan fingerprint density at radius 2 is 2.17 bits per heavy atom. The van der Waals surface area contributed by atoms with Gasteiger partial charge in [-0.3, -0.25) is 0 Å². The van der Waals surface area contributed by atoms with Crippen LogP contribution in [0, 0.1) is 0 Å². The molecule has 2 heterocycles. The molecule has 0 amide bonds. The number of ether oxygens (including phenoxy) is 2. The summed E-state index contributed by atoms with van der Waals surface area (Å²) in [5.74, 6) is 0.861. The van der Waals surface area contributed by atoms with Crippen molar-refractivity contribution in [3.8, 4) is 10.9 Å². The lowest BCUT2D eigenvalue weighted by molar-refractivity contribution is 0.162. The van der Waals surface area contributed by atoms with E-state index in [1.54, 1.807) is 18.4 Å². The van der Waals surface area contributed by atoms with Crippen molar-refractivity contribution >= 4 is 21.6 Å². The van der Waals surface area contributed by atoms with E-state index in [1.807, 2.05) is 18.2 Å². The second-order valence-electron chi connectivity index (χ2n) is 4.38. The fourth-order valence-electron chi connectivity index (χ4n) is 2.12. The highest BCUT2D eigenvalue weighted by Gasteiger charge is 2.16. The fraction of sp³-hybridized carbons (Fsp3) is 0.462. The van der Waals surface area contributed by atoms with Crippen LogP contribution >= 0.6 is 11.3 Å². The summed E-state index contributed by atoms with van der Waals surface area (Å²) in [5.41, 5.74) is 0.977. The Labute approximate surface area is 110 Å². The predicted molar refractivity (Wildman–Crippen MR) is 72.7 cm³/mol. The second kappa shape index (κ2) is 5.12. The molecule has 1 fully saturated rings. The van der Waals surface area contributed by atoms with Crippen molar-refractivity contribution in [2.45, 2.75) is 18.9 Å². The number of rotatable bonds is 3. The number of benzene rings is 1. The quantitative estimate of drug-likeness (QED) is 0.924. The van der Waals surface area contributed by atoms with Crippen molar-refractivity contribution in [2.24, 2.45) is 0 Å². The van der Waals surface area contributed by atoms with Crippen LogP contribution in [0.4, 0.5) is 0 Å². The molecule has 0 saturated carbocycles. The lowest BCUT2D eigenvalue weighted by Crippen LogP contribution is -2.34. The smallest absolute Gasteiger partial charge is 0.274 e. The van der Waals surface area contributed by atoms with Crippen molar-refractivity contribution in [1.82, 2.24) is 10.3 Å². The second-order valence-corrected chi connectivity index (χ2v) is 5.37. The minimum absolute atomic E-state index is 0.300. The number of hydrogen-bond acceptors (Lipinski definition) is 5. The van der Waals surface area contributed by atoms with E-state index in [2.05, 4.69) is 10.3 Å². The monoisotopic (exact) mass is 264 g/mol. The molecule has 4 nitrogen and oxygen atoms in total. The van der Waals surface area contributed by atoms with Gasteiger partial charge >= 0.3 is 0 Å². The Morgan fingerprint density at radius 1 is 1.33 bits per heavy atom. The van der Waals surface area contributed by atoms with E-state index in [4.69, 9.17) is 9.47 Å². The third-order valence-corrected chi connectivity index (χ3v) is 4.04. The van der Waals surface area contributed by atoms with Gasteiger partial charge in [0, 0.05) is 0 Å². The van der Waals surface area contributed by atoms with Crippen LogP contribution < -0.4 is 14.8 Å². The highest BCUT2D eigenvalue weighted by molar-refractivity contribution is 7.20. The number of nitrogens with one attached hydrogen (secondary N) is 1. The average molecular weight is 264 g/mol. The van der Waals surface area contributed by atoms with Crippen LogP contribution in [-0.4, -0.2) is 31.3 Å². The predicted octanol–water partition coefficient (Wildman–Crippen LogP) is 2.44. The van der Waals surface area contributed by atoms with Crippen LogP contribution in [0.3, 0.4) is 0 Å². The van der Waals surface area contributed by atoms with Crippen LogP contribution in [0.2, 0.25) is 0 Å². The highest BCUT2D eigenvalue weighted by atomic mass is 32.1. The standard InChI is InChI=1S/C13H16N2O2S/c1-16-10-2-3-11-12(8-10)18-13(15-11)17-9-4-6-14-7-5-9/h2-3,8-9,14H,4-7H2,1H3. The molecule has 0 bridgehead atoms. The van der Waals surface area contributed by atoms with E-state index < -0.39 is 0 Å². The zero-order valence-corrected chi connectivity index (χ0v) is 11.1. The number of fused-ring (bicyclic) bond motifs is 1. The van der Waals surface area contributed by atoms with E-state index >= 15 is 0 Å². The molecule has 0 spiro atoms. The first-order chi connectivity index (χ1) is 8.85. The van der Waals surface area contributed by atoms with Gasteiger partial charge in [-0.2, -0.15) is 0 Å². The minimum Gasteiger partial charge on any atom is -0.497 e. The molecule has 96 valence electrons. The van der Waals surface area contributed by atoms with E-state index in [1.165, 1.54) is 0 Å². The normalized spacial score (nSPS) is 16.9. The van der Waals surface area contributed by atoms with Gasteiger partial charge in [-0.1, -0.05) is 11.3 Å². The topological polar surface area (TPSA) is 43.4 Å². The molecule has 18 heavy (non-hydrogen) atoms.